The van der Waals surface area contributed by atoms with Crippen LogP contribution in [0.4, 0.5) is 5.82 Å². The summed E-state index contributed by atoms with van der Waals surface area (Å²) in [7, 11) is 0. The first-order valence-corrected chi connectivity index (χ1v) is 7.17. The second kappa shape index (κ2) is 6.76. The fraction of sp³-hybridized carbons (Fsp3) is 0.294. The third kappa shape index (κ3) is 3.75. The minimum Gasteiger partial charge on any atom is -0.308 e. The van der Waals surface area contributed by atoms with Crippen molar-refractivity contribution in [2.45, 2.75) is 26.7 Å². The Balaban J connectivity index is 2.15. The molecular weight excluding hydrogens is 290 g/mol. The smallest absolute Gasteiger partial charge is 0.231 e. The van der Waals surface area contributed by atoms with E-state index in [-0.39, 0.29) is 23.7 Å². The van der Waals surface area contributed by atoms with Gasteiger partial charge in [-0.3, -0.25) is 9.89 Å². The Kier molecular flexibility index (Phi) is 4.78. The highest BCUT2D eigenvalue weighted by atomic mass is 16.2. The van der Waals surface area contributed by atoms with E-state index in [1.165, 1.54) is 0 Å². The molecule has 1 amide bonds. The summed E-state index contributed by atoms with van der Waals surface area (Å²) < 4.78 is 0. The molecule has 1 aromatic heterocycles. The molecule has 0 saturated carbocycles. The van der Waals surface area contributed by atoms with Crippen molar-refractivity contribution in [3.63, 3.8) is 0 Å². The van der Waals surface area contributed by atoms with Gasteiger partial charge in [0.15, 0.2) is 5.82 Å². The molecule has 6 heteroatoms. The Morgan fingerprint density at radius 2 is 2.00 bits per heavy atom. The van der Waals surface area contributed by atoms with Crippen molar-refractivity contribution < 1.29 is 4.79 Å². The van der Waals surface area contributed by atoms with E-state index >= 15 is 0 Å². The zero-order valence-electron chi connectivity index (χ0n) is 13.1. The number of carbonyl (C=O) groups excluding carboxylic acids is 1. The number of benzene rings is 1. The maximum absolute atomic E-state index is 12.5. The molecule has 0 fully saturated rings. The molecule has 1 aromatic carbocycles. The van der Waals surface area contributed by atoms with Crippen molar-refractivity contribution in [1.29, 1.82) is 10.5 Å². The Hall–Kier alpha value is -3.12. The predicted octanol–water partition coefficient (Wildman–Crippen LogP) is 2.55. The van der Waals surface area contributed by atoms with Crippen molar-refractivity contribution in [2.24, 2.45) is 5.41 Å². The number of hydrogen-bond donors (Lipinski definition) is 2. The molecule has 0 spiro atoms. The topological polar surface area (TPSA) is 105 Å². The van der Waals surface area contributed by atoms with Crippen LogP contribution >= 0.6 is 0 Å². The van der Waals surface area contributed by atoms with E-state index in [2.05, 4.69) is 15.5 Å². The van der Waals surface area contributed by atoms with Crippen molar-refractivity contribution in [3.8, 4) is 12.1 Å². The molecule has 0 radical (unpaired) electrons. The van der Waals surface area contributed by atoms with Gasteiger partial charge in [-0.15, -0.1) is 0 Å². The van der Waals surface area contributed by atoms with Gasteiger partial charge in [-0.25, -0.2) is 0 Å². The molecule has 116 valence electrons. The van der Waals surface area contributed by atoms with E-state index in [0.29, 0.717) is 12.1 Å². The van der Waals surface area contributed by atoms with Crippen molar-refractivity contribution in [1.82, 2.24) is 10.2 Å². The largest absolute Gasteiger partial charge is 0.308 e. The van der Waals surface area contributed by atoms with E-state index in [0.717, 1.165) is 5.56 Å². The van der Waals surface area contributed by atoms with Gasteiger partial charge in [0.25, 0.3) is 0 Å². The summed E-state index contributed by atoms with van der Waals surface area (Å²) in [6.45, 7) is 3.68. The predicted molar refractivity (Wildman–Crippen MR) is 85.2 cm³/mol. The van der Waals surface area contributed by atoms with Gasteiger partial charge >= 0.3 is 0 Å². The first-order chi connectivity index (χ1) is 11.0. The Morgan fingerprint density at radius 3 is 2.61 bits per heavy atom. The molecule has 0 aliphatic heterocycles. The summed E-state index contributed by atoms with van der Waals surface area (Å²) in [6, 6.07) is 13.7. The van der Waals surface area contributed by atoms with Gasteiger partial charge in [-0.05, 0) is 12.0 Å². The maximum atomic E-state index is 12.5. The number of nitrogens with zero attached hydrogens (tertiary/aromatic N) is 3. The normalized spacial score (nSPS) is 10.6. The number of anilines is 1. The van der Waals surface area contributed by atoms with Gasteiger partial charge in [0.2, 0.25) is 5.91 Å². The maximum Gasteiger partial charge on any atom is 0.231 e. The molecule has 1 heterocycles. The van der Waals surface area contributed by atoms with Crippen LogP contribution in [0.25, 0.3) is 0 Å². The van der Waals surface area contributed by atoms with Crippen LogP contribution in [0.1, 0.15) is 30.7 Å². The summed E-state index contributed by atoms with van der Waals surface area (Å²) in [5.41, 5.74) is 1.00. The summed E-state index contributed by atoms with van der Waals surface area (Å²) >= 11 is 0. The van der Waals surface area contributed by atoms with Crippen molar-refractivity contribution >= 4 is 11.7 Å². The summed E-state index contributed by atoms with van der Waals surface area (Å²) in [6.07, 6.45) is 0.607. The molecule has 0 bridgehead atoms. The number of rotatable bonds is 5. The van der Waals surface area contributed by atoms with Crippen molar-refractivity contribution in [3.05, 3.63) is 47.2 Å². The van der Waals surface area contributed by atoms with Crippen molar-refractivity contribution in [2.75, 3.05) is 5.32 Å². The van der Waals surface area contributed by atoms with Crippen LogP contribution in [0.2, 0.25) is 0 Å². The minimum atomic E-state index is -0.664. The SMILES string of the molecule is CC(C)(Cc1ccccc1)C(=O)Nc1n[nH]c(CC#N)c1C#N. The van der Waals surface area contributed by atoms with Gasteiger partial charge < -0.3 is 5.32 Å². The quantitative estimate of drug-likeness (QED) is 0.885. The number of aromatic amines is 1. The Morgan fingerprint density at radius 1 is 1.30 bits per heavy atom. The van der Waals surface area contributed by atoms with Gasteiger partial charge in [0, 0.05) is 5.41 Å². The minimum absolute atomic E-state index is 0.0408. The van der Waals surface area contributed by atoms with E-state index in [4.69, 9.17) is 5.26 Å². The van der Waals surface area contributed by atoms with Gasteiger partial charge in [0.1, 0.15) is 11.6 Å². The highest BCUT2D eigenvalue weighted by molar-refractivity contribution is 5.95. The van der Waals surface area contributed by atoms with Crippen LogP contribution in [0, 0.1) is 28.1 Å². The van der Waals surface area contributed by atoms with E-state index < -0.39 is 5.41 Å². The molecule has 2 aromatic rings. The van der Waals surface area contributed by atoms with Gasteiger partial charge in [-0.1, -0.05) is 44.2 Å². The number of aromatic nitrogens is 2. The second-order valence-electron chi connectivity index (χ2n) is 5.87. The molecule has 6 nitrogen and oxygen atoms in total. The monoisotopic (exact) mass is 307 g/mol. The Labute approximate surface area is 134 Å². The zero-order valence-corrected chi connectivity index (χ0v) is 13.1. The highest BCUT2D eigenvalue weighted by Crippen LogP contribution is 2.25. The number of H-pyrrole nitrogens is 1. The summed E-state index contributed by atoms with van der Waals surface area (Å²) in [4.78, 5) is 12.5. The third-order valence-corrected chi connectivity index (χ3v) is 3.54. The van der Waals surface area contributed by atoms with Gasteiger partial charge in [-0.2, -0.15) is 15.6 Å². The lowest BCUT2D eigenvalue weighted by molar-refractivity contribution is -0.123. The molecule has 2 rings (SSSR count). The molecule has 0 saturated heterocycles. The van der Waals surface area contributed by atoms with Crippen LogP contribution in [0.5, 0.6) is 0 Å². The highest BCUT2D eigenvalue weighted by Gasteiger charge is 2.29. The van der Waals surface area contributed by atoms with E-state index in [1.807, 2.05) is 56.3 Å². The zero-order chi connectivity index (χ0) is 16.9. The molecule has 23 heavy (non-hydrogen) atoms. The number of nitrogens with one attached hydrogen (secondary N) is 2. The molecule has 0 aliphatic carbocycles. The molecular formula is C17H17N5O. The summed E-state index contributed by atoms with van der Waals surface area (Å²) in [5, 5.41) is 27.2. The number of hydrogen-bond acceptors (Lipinski definition) is 4. The van der Waals surface area contributed by atoms with Crippen LogP contribution in [0.3, 0.4) is 0 Å². The fourth-order valence-electron chi connectivity index (χ4n) is 2.26. The number of carbonyl (C=O) groups is 1. The molecule has 0 aliphatic rings. The number of amides is 1. The standard InChI is InChI=1S/C17H17N5O/c1-17(2,10-12-6-4-3-5-7-12)16(23)20-15-13(11-19)14(8-9-18)21-22-15/h3-7H,8,10H2,1-2H3,(H2,20,21,22,23). The Bertz CT molecular complexity index is 778. The van der Waals surface area contributed by atoms with E-state index in [1.54, 1.807) is 0 Å². The third-order valence-electron chi connectivity index (χ3n) is 3.54. The molecule has 0 unspecified atom stereocenters. The van der Waals surface area contributed by atoms with Crippen LogP contribution in [0.15, 0.2) is 30.3 Å². The second-order valence-corrected chi connectivity index (χ2v) is 5.87. The lowest BCUT2D eigenvalue weighted by Crippen LogP contribution is -2.33. The van der Waals surface area contributed by atoms with Crippen LogP contribution in [-0.4, -0.2) is 16.1 Å². The molecule has 0 atom stereocenters. The van der Waals surface area contributed by atoms with Crippen LogP contribution in [-0.2, 0) is 17.6 Å². The van der Waals surface area contributed by atoms with E-state index in [9.17, 15) is 10.1 Å². The fourth-order valence-corrected chi connectivity index (χ4v) is 2.26. The lowest BCUT2D eigenvalue weighted by Gasteiger charge is -2.23. The summed E-state index contributed by atoms with van der Waals surface area (Å²) in [5.74, 6) is -0.0586. The average molecular weight is 307 g/mol. The first-order valence-electron chi connectivity index (χ1n) is 7.17. The van der Waals surface area contributed by atoms with Gasteiger partial charge in [0.05, 0.1) is 18.2 Å². The lowest BCUT2D eigenvalue weighted by atomic mass is 9.85. The van der Waals surface area contributed by atoms with Crippen LogP contribution < -0.4 is 5.32 Å². The first kappa shape index (κ1) is 16.3. The molecule has 2 N–H and O–H groups in total. The average Bonchev–Trinajstić information content (AvgIpc) is 2.90. The number of nitriles is 2.